The molecule has 8 heteroatoms. The number of anilines is 1. The molecule has 0 aliphatic heterocycles. The van der Waals surface area contributed by atoms with E-state index in [-0.39, 0.29) is 23.9 Å². The van der Waals surface area contributed by atoms with E-state index in [0.29, 0.717) is 0 Å². The van der Waals surface area contributed by atoms with E-state index in [2.05, 4.69) is 20.0 Å². The Hall–Kier alpha value is -2.77. The average molecular weight is 338 g/mol. The first kappa shape index (κ1) is 17.6. The molecular formula is C16H17F3N4O. The van der Waals surface area contributed by atoms with Crippen LogP contribution in [0.3, 0.4) is 0 Å². The van der Waals surface area contributed by atoms with E-state index < -0.39 is 6.36 Å². The number of guanidine groups is 1. The molecule has 1 aromatic heterocycles. The Balaban J connectivity index is 2.10. The number of alkyl halides is 3. The zero-order chi connectivity index (χ0) is 17.7. The maximum Gasteiger partial charge on any atom is 0.573 e. The molecule has 0 radical (unpaired) electrons. The SMILES string of the molecule is Cc1cc(CN=C(N)Nc2ccccc2OC(F)(F)F)cc(C)n1. The fourth-order valence-corrected chi connectivity index (χ4v) is 2.15. The standard InChI is InChI=1S/C16H17F3N4O/c1-10-7-12(8-11(2)22-10)9-21-15(20)23-13-5-3-4-6-14(13)24-16(17,18)19/h3-8H,9H2,1-2H3,(H3,20,21,23). The van der Waals surface area contributed by atoms with Crippen LogP contribution in [0.5, 0.6) is 5.75 Å². The number of hydrogen-bond acceptors (Lipinski definition) is 3. The number of pyridine rings is 1. The molecule has 0 aliphatic carbocycles. The van der Waals surface area contributed by atoms with Crippen molar-refractivity contribution >= 4 is 11.6 Å². The largest absolute Gasteiger partial charge is 0.573 e. The fraction of sp³-hybridized carbons (Fsp3) is 0.250. The van der Waals surface area contributed by atoms with Crippen molar-refractivity contribution < 1.29 is 17.9 Å². The number of aryl methyl sites for hydroxylation is 2. The Morgan fingerprint density at radius 3 is 2.46 bits per heavy atom. The van der Waals surface area contributed by atoms with Crippen LogP contribution >= 0.6 is 0 Å². The Morgan fingerprint density at radius 1 is 1.21 bits per heavy atom. The number of aliphatic imine (C=N–C) groups is 1. The zero-order valence-electron chi connectivity index (χ0n) is 13.2. The zero-order valence-corrected chi connectivity index (χ0v) is 13.2. The summed E-state index contributed by atoms with van der Waals surface area (Å²) in [5.41, 5.74) is 8.45. The van der Waals surface area contributed by atoms with Crippen molar-refractivity contribution in [2.24, 2.45) is 10.7 Å². The first-order valence-corrected chi connectivity index (χ1v) is 7.09. The number of ether oxygens (including phenoxy) is 1. The quantitative estimate of drug-likeness (QED) is 0.661. The first-order chi connectivity index (χ1) is 11.2. The maximum absolute atomic E-state index is 12.4. The van der Waals surface area contributed by atoms with Gasteiger partial charge in [-0.1, -0.05) is 12.1 Å². The highest BCUT2D eigenvalue weighted by Gasteiger charge is 2.32. The smallest absolute Gasteiger partial charge is 0.404 e. The predicted molar refractivity (Wildman–Crippen MR) is 85.8 cm³/mol. The van der Waals surface area contributed by atoms with Crippen LogP contribution in [-0.2, 0) is 6.54 Å². The van der Waals surface area contributed by atoms with Crippen molar-refractivity contribution in [2.45, 2.75) is 26.8 Å². The summed E-state index contributed by atoms with van der Waals surface area (Å²) in [5.74, 6) is -0.390. The molecule has 0 bridgehead atoms. The summed E-state index contributed by atoms with van der Waals surface area (Å²) in [6.45, 7) is 4.02. The highest BCUT2D eigenvalue weighted by molar-refractivity contribution is 5.93. The number of nitrogens with zero attached hydrogens (tertiary/aromatic N) is 2. The van der Waals surface area contributed by atoms with Crippen LogP contribution in [-0.4, -0.2) is 17.3 Å². The lowest BCUT2D eigenvalue weighted by Crippen LogP contribution is -2.24. The first-order valence-electron chi connectivity index (χ1n) is 7.09. The van der Waals surface area contributed by atoms with E-state index in [1.54, 1.807) is 6.07 Å². The summed E-state index contributed by atoms with van der Waals surface area (Å²) in [5, 5.41) is 2.62. The molecule has 0 atom stereocenters. The molecule has 1 heterocycles. The van der Waals surface area contributed by atoms with Crippen molar-refractivity contribution in [3.63, 3.8) is 0 Å². The third-order valence-electron chi connectivity index (χ3n) is 2.95. The summed E-state index contributed by atoms with van der Waals surface area (Å²) in [6.07, 6.45) is -4.78. The number of nitrogens with one attached hydrogen (secondary N) is 1. The lowest BCUT2D eigenvalue weighted by Gasteiger charge is -2.14. The van der Waals surface area contributed by atoms with E-state index in [0.717, 1.165) is 17.0 Å². The molecule has 0 saturated heterocycles. The van der Waals surface area contributed by atoms with Crippen LogP contribution in [0.1, 0.15) is 17.0 Å². The molecule has 5 nitrogen and oxygen atoms in total. The highest BCUT2D eigenvalue weighted by atomic mass is 19.4. The molecule has 0 fully saturated rings. The molecule has 0 saturated carbocycles. The fourth-order valence-electron chi connectivity index (χ4n) is 2.15. The number of benzene rings is 1. The molecule has 3 N–H and O–H groups in total. The Morgan fingerprint density at radius 2 is 1.83 bits per heavy atom. The third-order valence-corrected chi connectivity index (χ3v) is 2.95. The van der Waals surface area contributed by atoms with E-state index >= 15 is 0 Å². The van der Waals surface area contributed by atoms with Gasteiger partial charge in [-0.2, -0.15) is 0 Å². The molecule has 0 aliphatic rings. The van der Waals surface area contributed by atoms with Crippen molar-refractivity contribution in [3.8, 4) is 5.75 Å². The Labute approximate surface area is 137 Å². The van der Waals surface area contributed by atoms with Gasteiger partial charge in [0.1, 0.15) is 0 Å². The number of aromatic nitrogens is 1. The van der Waals surface area contributed by atoms with Crippen molar-refractivity contribution in [1.29, 1.82) is 0 Å². The van der Waals surface area contributed by atoms with E-state index in [1.807, 2.05) is 26.0 Å². The van der Waals surface area contributed by atoms with Gasteiger partial charge in [-0.3, -0.25) is 4.98 Å². The topological polar surface area (TPSA) is 72.5 Å². The van der Waals surface area contributed by atoms with Gasteiger partial charge in [-0.25, -0.2) is 4.99 Å². The van der Waals surface area contributed by atoms with Crippen molar-refractivity contribution in [3.05, 3.63) is 53.3 Å². The molecule has 24 heavy (non-hydrogen) atoms. The Bertz CT molecular complexity index is 724. The van der Waals surface area contributed by atoms with Crippen molar-refractivity contribution in [1.82, 2.24) is 4.98 Å². The molecule has 0 spiro atoms. The summed E-state index contributed by atoms with van der Waals surface area (Å²) in [6, 6.07) is 9.34. The molecule has 0 amide bonds. The van der Waals surface area contributed by atoms with Crippen LogP contribution in [0.4, 0.5) is 18.9 Å². The van der Waals surface area contributed by atoms with Gasteiger partial charge in [0.2, 0.25) is 0 Å². The van der Waals surface area contributed by atoms with Crippen LogP contribution in [0, 0.1) is 13.8 Å². The summed E-state index contributed by atoms with van der Waals surface area (Å²) in [4.78, 5) is 8.38. The predicted octanol–water partition coefficient (Wildman–Crippen LogP) is 3.52. The number of halogens is 3. The lowest BCUT2D eigenvalue weighted by atomic mass is 10.2. The van der Waals surface area contributed by atoms with Gasteiger partial charge in [0.15, 0.2) is 11.7 Å². The van der Waals surface area contributed by atoms with Gasteiger partial charge in [-0.15, -0.1) is 13.2 Å². The lowest BCUT2D eigenvalue weighted by molar-refractivity contribution is -0.274. The van der Waals surface area contributed by atoms with Crippen LogP contribution in [0.2, 0.25) is 0 Å². The van der Waals surface area contributed by atoms with Crippen LogP contribution < -0.4 is 15.8 Å². The van der Waals surface area contributed by atoms with E-state index in [1.165, 1.54) is 18.2 Å². The minimum absolute atomic E-state index is 0.0136. The van der Waals surface area contributed by atoms with Gasteiger partial charge in [0.25, 0.3) is 0 Å². The Kier molecular flexibility index (Phi) is 5.28. The molecule has 2 aromatic rings. The number of rotatable bonds is 4. The second-order valence-electron chi connectivity index (χ2n) is 5.13. The van der Waals surface area contributed by atoms with Gasteiger partial charge >= 0.3 is 6.36 Å². The van der Waals surface area contributed by atoms with Gasteiger partial charge < -0.3 is 15.8 Å². The van der Waals surface area contributed by atoms with Gasteiger partial charge in [0.05, 0.1) is 12.2 Å². The number of nitrogens with two attached hydrogens (primary N) is 1. The second kappa shape index (κ2) is 7.20. The molecule has 2 rings (SSSR count). The molecular weight excluding hydrogens is 321 g/mol. The van der Waals surface area contributed by atoms with Crippen LogP contribution in [0.15, 0.2) is 41.4 Å². The van der Waals surface area contributed by atoms with Crippen molar-refractivity contribution in [2.75, 3.05) is 5.32 Å². The highest BCUT2D eigenvalue weighted by Crippen LogP contribution is 2.29. The number of hydrogen-bond donors (Lipinski definition) is 2. The number of para-hydroxylation sites is 2. The second-order valence-corrected chi connectivity index (χ2v) is 5.13. The monoisotopic (exact) mass is 338 g/mol. The van der Waals surface area contributed by atoms with E-state index in [4.69, 9.17) is 5.73 Å². The van der Waals surface area contributed by atoms with Gasteiger partial charge in [-0.05, 0) is 43.7 Å². The van der Waals surface area contributed by atoms with E-state index in [9.17, 15) is 13.2 Å². The molecule has 0 unspecified atom stereocenters. The normalized spacial score (nSPS) is 12.1. The average Bonchev–Trinajstić information content (AvgIpc) is 2.45. The van der Waals surface area contributed by atoms with Gasteiger partial charge in [0, 0.05) is 11.4 Å². The summed E-state index contributed by atoms with van der Waals surface area (Å²) in [7, 11) is 0. The summed E-state index contributed by atoms with van der Waals surface area (Å²) < 4.78 is 41.1. The van der Waals surface area contributed by atoms with Crippen LogP contribution in [0.25, 0.3) is 0 Å². The minimum Gasteiger partial charge on any atom is -0.404 e. The third kappa shape index (κ3) is 5.45. The summed E-state index contributed by atoms with van der Waals surface area (Å²) >= 11 is 0. The molecule has 1 aromatic carbocycles. The molecule has 128 valence electrons. The maximum atomic E-state index is 12.4. The minimum atomic E-state index is -4.78.